The van der Waals surface area contributed by atoms with Gasteiger partial charge in [0.05, 0.1) is 21.6 Å². The van der Waals surface area contributed by atoms with Crippen molar-refractivity contribution in [2.45, 2.75) is 27.7 Å². The predicted molar refractivity (Wildman–Crippen MR) is 151 cm³/mol. The molecule has 6 aromatic rings. The number of carbonyl (C=O) groups is 1. The molecule has 6 rings (SSSR count). The summed E-state index contributed by atoms with van der Waals surface area (Å²) in [4.78, 5) is 20.7. The summed E-state index contributed by atoms with van der Waals surface area (Å²) in [5.74, 6) is -0.0625. The standard InChI is InChI=1S/C26H17N2OS.C5H8O2.Ir/c1-15-6-9-17(10-7-15)24-14-22-23(30-24)13-12-21(28-22)20-5-3-4-18-19-11-8-16(2)27-26(19)29-25(18)20;1-4(6)3-5(2)7;/h3-4,6-14H,1-2H3;3,6H,1-2H3;/q-1;;/b;4-3-;. The monoisotopic (exact) mass is 698 g/mol. The third-order valence-electron chi connectivity index (χ3n) is 5.82. The Hall–Kier alpha value is -3.64. The molecule has 0 spiro atoms. The smallest absolute Gasteiger partial charge is 0.216 e. The van der Waals surface area contributed by atoms with Crippen LogP contribution in [0.1, 0.15) is 25.1 Å². The molecule has 2 aromatic carbocycles. The largest absolute Gasteiger partial charge is 0.512 e. The quantitative estimate of drug-likeness (QED) is 0.114. The number of furan rings is 1. The number of thiophene rings is 1. The Bertz CT molecular complexity index is 1800. The summed E-state index contributed by atoms with van der Waals surface area (Å²) < 4.78 is 7.31. The first-order valence-corrected chi connectivity index (χ1v) is 12.7. The Morgan fingerprint density at radius 2 is 1.74 bits per heavy atom. The van der Waals surface area contributed by atoms with Crippen LogP contribution in [-0.2, 0) is 24.9 Å². The first-order chi connectivity index (χ1) is 17.8. The van der Waals surface area contributed by atoms with Crippen LogP contribution in [0.15, 0.2) is 83.0 Å². The van der Waals surface area contributed by atoms with Gasteiger partial charge in [-0.15, -0.1) is 29.5 Å². The van der Waals surface area contributed by atoms with Crippen LogP contribution in [0, 0.1) is 19.9 Å². The van der Waals surface area contributed by atoms with Gasteiger partial charge in [-0.05, 0) is 63.2 Å². The van der Waals surface area contributed by atoms with Gasteiger partial charge < -0.3 is 9.52 Å². The van der Waals surface area contributed by atoms with E-state index in [-0.39, 0.29) is 31.6 Å². The third kappa shape index (κ3) is 5.76. The number of carbonyl (C=O) groups excluding carboxylic acids is 1. The van der Waals surface area contributed by atoms with Crippen molar-refractivity contribution < 1.29 is 34.4 Å². The van der Waals surface area contributed by atoms with E-state index in [0.717, 1.165) is 38.8 Å². The van der Waals surface area contributed by atoms with Gasteiger partial charge in [-0.25, -0.2) is 4.98 Å². The van der Waals surface area contributed by atoms with Crippen LogP contribution >= 0.6 is 11.3 Å². The second kappa shape index (κ2) is 11.4. The van der Waals surface area contributed by atoms with Crippen molar-refractivity contribution in [2.24, 2.45) is 0 Å². The van der Waals surface area contributed by atoms with Gasteiger partial charge in [-0.3, -0.25) is 9.78 Å². The molecule has 0 saturated carbocycles. The zero-order chi connectivity index (χ0) is 26.1. The summed E-state index contributed by atoms with van der Waals surface area (Å²) in [6, 6.07) is 26.3. The number of pyridine rings is 2. The Labute approximate surface area is 238 Å². The second-order valence-electron chi connectivity index (χ2n) is 8.96. The molecule has 0 atom stereocenters. The Morgan fingerprint density at radius 3 is 2.42 bits per heavy atom. The molecule has 193 valence electrons. The Balaban J connectivity index is 0.000000375. The molecule has 1 radical (unpaired) electrons. The Kier molecular flexibility index (Phi) is 8.22. The van der Waals surface area contributed by atoms with Crippen molar-refractivity contribution in [1.29, 1.82) is 0 Å². The topological polar surface area (TPSA) is 76.2 Å². The summed E-state index contributed by atoms with van der Waals surface area (Å²) in [6.07, 6.45) is 1.17. The van der Waals surface area contributed by atoms with E-state index in [1.54, 1.807) is 11.3 Å². The molecule has 5 nitrogen and oxygen atoms in total. The molecule has 0 unspecified atom stereocenters. The van der Waals surface area contributed by atoms with E-state index in [1.165, 1.54) is 40.6 Å². The maximum atomic E-state index is 10.0. The van der Waals surface area contributed by atoms with E-state index in [2.05, 4.69) is 66.5 Å². The number of benzene rings is 2. The molecule has 0 bridgehead atoms. The molecule has 38 heavy (non-hydrogen) atoms. The summed E-state index contributed by atoms with van der Waals surface area (Å²) in [5.41, 5.74) is 7.58. The number of fused-ring (bicyclic) bond motifs is 4. The van der Waals surface area contributed by atoms with Crippen molar-refractivity contribution in [1.82, 2.24) is 9.97 Å². The van der Waals surface area contributed by atoms with E-state index in [1.807, 2.05) is 25.1 Å². The van der Waals surface area contributed by atoms with Crippen molar-refractivity contribution in [3.05, 3.63) is 95.9 Å². The first kappa shape index (κ1) is 27.4. The Morgan fingerprint density at radius 1 is 0.974 bits per heavy atom. The van der Waals surface area contributed by atoms with Crippen LogP contribution in [0.5, 0.6) is 0 Å². The molecule has 1 N–H and O–H groups in total. The van der Waals surface area contributed by atoms with Gasteiger partial charge in [0.2, 0.25) is 5.71 Å². The van der Waals surface area contributed by atoms with Crippen LogP contribution < -0.4 is 0 Å². The molecule has 0 saturated heterocycles. The normalized spacial score (nSPS) is 11.3. The van der Waals surface area contributed by atoms with Crippen molar-refractivity contribution in [3.63, 3.8) is 0 Å². The van der Waals surface area contributed by atoms with Gasteiger partial charge in [0.15, 0.2) is 5.78 Å². The zero-order valence-electron chi connectivity index (χ0n) is 21.3. The molecular weight excluding hydrogens is 673 g/mol. The van der Waals surface area contributed by atoms with E-state index < -0.39 is 0 Å². The van der Waals surface area contributed by atoms with Gasteiger partial charge in [-0.2, -0.15) is 0 Å². The number of allylic oxidation sites excluding steroid dienone is 2. The second-order valence-corrected chi connectivity index (χ2v) is 10.0. The number of hydrogen-bond donors (Lipinski definition) is 1. The summed E-state index contributed by atoms with van der Waals surface area (Å²) in [6.45, 7) is 6.92. The van der Waals surface area contributed by atoms with E-state index in [0.29, 0.717) is 5.71 Å². The van der Waals surface area contributed by atoms with E-state index >= 15 is 0 Å². The number of aryl methyl sites for hydroxylation is 2. The van der Waals surface area contributed by atoms with Crippen LogP contribution in [0.25, 0.3) is 54.0 Å². The van der Waals surface area contributed by atoms with Crippen LogP contribution in [0.3, 0.4) is 0 Å². The summed E-state index contributed by atoms with van der Waals surface area (Å²) >= 11 is 1.76. The molecule has 0 fully saturated rings. The number of ketones is 1. The summed E-state index contributed by atoms with van der Waals surface area (Å²) in [5, 5.41) is 10.4. The molecule has 0 amide bonds. The van der Waals surface area contributed by atoms with Gasteiger partial charge in [-0.1, -0.05) is 46.8 Å². The maximum Gasteiger partial charge on any atom is 0.216 e. The van der Waals surface area contributed by atoms with Crippen molar-refractivity contribution >= 4 is 49.4 Å². The molecule has 4 aromatic heterocycles. The number of rotatable bonds is 3. The van der Waals surface area contributed by atoms with Gasteiger partial charge in [0.25, 0.3) is 0 Å². The minimum absolute atomic E-state index is 0. The number of aromatic nitrogens is 2. The minimum Gasteiger partial charge on any atom is -0.512 e. The van der Waals surface area contributed by atoms with Gasteiger partial charge in [0.1, 0.15) is 0 Å². The fourth-order valence-corrected chi connectivity index (χ4v) is 5.13. The average molecular weight is 698 g/mol. The fraction of sp³-hybridized carbons (Fsp3) is 0.129. The van der Waals surface area contributed by atoms with Crippen molar-refractivity contribution in [3.8, 4) is 21.7 Å². The van der Waals surface area contributed by atoms with Gasteiger partial charge in [0, 0.05) is 42.1 Å². The van der Waals surface area contributed by atoms with Crippen LogP contribution in [0.2, 0.25) is 0 Å². The molecule has 0 aliphatic heterocycles. The van der Waals surface area contributed by atoms with E-state index in [9.17, 15) is 4.79 Å². The average Bonchev–Trinajstić information content (AvgIpc) is 3.44. The van der Waals surface area contributed by atoms with E-state index in [4.69, 9.17) is 14.5 Å². The number of hydrogen-bond acceptors (Lipinski definition) is 6. The third-order valence-corrected chi connectivity index (χ3v) is 6.95. The number of aliphatic hydroxyl groups excluding tert-OH is 1. The zero-order valence-corrected chi connectivity index (χ0v) is 24.5. The SMILES string of the molecule is CC(=O)/C=C(/C)O.Cc1ccc(-c2cc3nc(-c4[c-]ccc5c4oc4nc(C)ccc45)ccc3s2)cc1.[Ir]. The van der Waals surface area contributed by atoms with Crippen molar-refractivity contribution in [2.75, 3.05) is 0 Å². The maximum absolute atomic E-state index is 10.0. The first-order valence-electron chi connectivity index (χ1n) is 11.8. The molecule has 7 heteroatoms. The molecule has 4 heterocycles. The van der Waals surface area contributed by atoms with Crippen LogP contribution in [-0.4, -0.2) is 20.9 Å². The molecule has 0 aliphatic carbocycles. The predicted octanol–water partition coefficient (Wildman–Crippen LogP) is 8.38. The van der Waals surface area contributed by atoms with Crippen LogP contribution in [0.4, 0.5) is 0 Å². The number of nitrogens with zero attached hydrogens (tertiary/aromatic N) is 2. The molecular formula is C31H25IrN2O3S-. The minimum atomic E-state index is -0.125. The number of aliphatic hydroxyl groups is 1. The fourth-order valence-electron chi connectivity index (χ4n) is 4.12. The van der Waals surface area contributed by atoms with Gasteiger partial charge >= 0.3 is 0 Å². The summed E-state index contributed by atoms with van der Waals surface area (Å²) in [7, 11) is 0. The molecule has 0 aliphatic rings.